The predicted octanol–water partition coefficient (Wildman–Crippen LogP) is 2.48. The van der Waals surface area contributed by atoms with Crippen LogP contribution in [0.1, 0.15) is 50.9 Å². The number of thiophene rings is 1. The van der Waals surface area contributed by atoms with Gasteiger partial charge in [-0.05, 0) is 49.7 Å². The molecule has 0 fully saturated rings. The van der Waals surface area contributed by atoms with Gasteiger partial charge in [0.15, 0.2) is 0 Å². The van der Waals surface area contributed by atoms with Crippen LogP contribution in [0.3, 0.4) is 0 Å². The molecule has 1 aromatic heterocycles. The Morgan fingerprint density at radius 1 is 1.14 bits per heavy atom. The molecule has 35 heavy (non-hydrogen) atoms. The van der Waals surface area contributed by atoms with Gasteiger partial charge in [0.2, 0.25) is 10.0 Å². The van der Waals surface area contributed by atoms with Gasteiger partial charge in [-0.15, -0.1) is 11.3 Å². The van der Waals surface area contributed by atoms with Gasteiger partial charge in [-0.25, -0.2) is 17.5 Å². The number of likely N-dealkylation sites (N-methyl/N-ethyl adjacent to an activating group) is 1. The Balaban J connectivity index is 1.84. The van der Waals surface area contributed by atoms with Gasteiger partial charge < -0.3 is 15.5 Å². The maximum atomic E-state index is 13.0. The Morgan fingerprint density at radius 3 is 2.46 bits per heavy atom. The van der Waals surface area contributed by atoms with E-state index in [9.17, 15) is 22.8 Å². The van der Waals surface area contributed by atoms with Crippen LogP contribution in [0.15, 0.2) is 29.2 Å². The van der Waals surface area contributed by atoms with E-state index < -0.39 is 27.9 Å². The zero-order chi connectivity index (χ0) is 25.8. The van der Waals surface area contributed by atoms with Crippen LogP contribution in [0, 0.1) is 0 Å². The molecule has 1 aliphatic rings. The number of urea groups is 1. The lowest BCUT2D eigenvalue weighted by atomic mass is 10.0. The second kappa shape index (κ2) is 11.3. The van der Waals surface area contributed by atoms with Crippen molar-refractivity contribution >= 4 is 44.2 Å². The van der Waals surface area contributed by atoms with Gasteiger partial charge >= 0.3 is 6.03 Å². The van der Waals surface area contributed by atoms with Crippen LogP contribution < -0.4 is 16.0 Å². The summed E-state index contributed by atoms with van der Waals surface area (Å²) in [5.74, 6) is -1.06. The number of unbranched alkanes of at least 4 members (excludes halogenated alkanes) is 1. The zero-order valence-electron chi connectivity index (χ0n) is 20.3. The molecular formula is C23H31N5O5S2. The maximum Gasteiger partial charge on any atom is 0.321 e. The van der Waals surface area contributed by atoms with E-state index in [0.717, 1.165) is 29.8 Å². The first-order chi connectivity index (χ1) is 16.6. The topological polar surface area (TPSA) is 128 Å². The van der Waals surface area contributed by atoms with Crippen LogP contribution in [-0.2, 0) is 23.0 Å². The number of rotatable bonds is 8. The maximum absolute atomic E-state index is 13.0. The van der Waals surface area contributed by atoms with E-state index in [1.54, 1.807) is 0 Å². The van der Waals surface area contributed by atoms with Crippen molar-refractivity contribution < 1.29 is 22.8 Å². The highest BCUT2D eigenvalue weighted by Crippen LogP contribution is 2.37. The van der Waals surface area contributed by atoms with Crippen LogP contribution in [0.25, 0.3) is 0 Å². The fraction of sp³-hybridized carbons (Fsp3) is 0.435. The van der Waals surface area contributed by atoms with E-state index in [1.807, 2.05) is 14.0 Å². The second-order valence-corrected chi connectivity index (χ2v) is 11.5. The third-order valence-corrected chi connectivity index (χ3v) is 8.81. The summed E-state index contributed by atoms with van der Waals surface area (Å²) in [6.45, 7) is 3.79. The summed E-state index contributed by atoms with van der Waals surface area (Å²) in [7, 11) is 1.28. The quantitative estimate of drug-likeness (QED) is 0.490. The van der Waals surface area contributed by atoms with E-state index in [4.69, 9.17) is 0 Å². The standard InChI is InChI=1S/C23H31N5O5S2/c1-5-6-12-28(4)35(32,33)16-9-7-15(8-10-16)20(29)25-22-19(21(30)26-23(31)24-2)17-11-13-27(3)14-18(17)34-22/h7-10H,5-6,11-14H2,1-4H3,(H,25,29)(H2,24,26,30,31). The molecule has 0 atom stereocenters. The lowest BCUT2D eigenvalue weighted by Gasteiger charge is -2.22. The van der Waals surface area contributed by atoms with Crippen molar-refractivity contribution in [3.63, 3.8) is 0 Å². The third-order valence-electron chi connectivity index (χ3n) is 5.81. The fourth-order valence-electron chi connectivity index (χ4n) is 3.72. The van der Waals surface area contributed by atoms with Crippen LogP contribution in [0.2, 0.25) is 0 Å². The van der Waals surface area contributed by atoms with Crippen molar-refractivity contribution in [3.05, 3.63) is 45.8 Å². The summed E-state index contributed by atoms with van der Waals surface area (Å²) in [4.78, 5) is 40.7. The first kappa shape index (κ1) is 26.8. The van der Waals surface area contributed by atoms with E-state index in [1.165, 1.54) is 54.0 Å². The number of hydrogen-bond acceptors (Lipinski definition) is 7. The summed E-state index contributed by atoms with van der Waals surface area (Å²) in [6.07, 6.45) is 2.25. The van der Waals surface area contributed by atoms with E-state index in [2.05, 4.69) is 20.9 Å². The number of amides is 4. The van der Waals surface area contributed by atoms with Gasteiger partial charge in [0.05, 0.1) is 10.5 Å². The molecule has 12 heteroatoms. The van der Waals surface area contributed by atoms with Crippen molar-refractivity contribution in [3.8, 4) is 0 Å². The summed E-state index contributed by atoms with van der Waals surface area (Å²) in [5.41, 5.74) is 1.36. The minimum absolute atomic E-state index is 0.105. The van der Waals surface area contributed by atoms with E-state index in [-0.39, 0.29) is 16.0 Å². The number of hydrogen-bond donors (Lipinski definition) is 3. The summed E-state index contributed by atoms with van der Waals surface area (Å²) in [5, 5.41) is 7.77. The third kappa shape index (κ3) is 6.07. The highest BCUT2D eigenvalue weighted by Gasteiger charge is 2.29. The average Bonchev–Trinajstić information content (AvgIpc) is 3.18. The van der Waals surface area contributed by atoms with Crippen molar-refractivity contribution in [2.24, 2.45) is 0 Å². The van der Waals surface area contributed by atoms with Crippen molar-refractivity contribution in [2.75, 3.05) is 39.5 Å². The monoisotopic (exact) mass is 521 g/mol. The minimum atomic E-state index is -3.64. The molecule has 190 valence electrons. The predicted molar refractivity (Wildman–Crippen MR) is 135 cm³/mol. The normalized spacial score (nSPS) is 13.9. The number of fused-ring (bicyclic) bond motifs is 1. The molecule has 0 saturated carbocycles. The van der Waals surface area contributed by atoms with Gasteiger partial charge in [-0.1, -0.05) is 13.3 Å². The molecule has 0 aliphatic carbocycles. The Hall–Kier alpha value is -2.80. The SMILES string of the molecule is CCCCN(C)S(=O)(=O)c1ccc(C(=O)Nc2sc3c(c2C(=O)NC(=O)NC)CCN(C)C3)cc1. The molecule has 1 aromatic carbocycles. The van der Waals surface area contributed by atoms with Crippen molar-refractivity contribution in [1.29, 1.82) is 0 Å². The largest absolute Gasteiger partial charge is 0.341 e. The van der Waals surface area contributed by atoms with Gasteiger partial charge in [0.25, 0.3) is 11.8 Å². The number of imide groups is 1. The van der Waals surface area contributed by atoms with Gasteiger partial charge in [0, 0.05) is 44.2 Å². The second-order valence-electron chi connectivity index (χ2n) is 8.39. The smallest absolute Gasteiger partial charge is 0.321 e. The van der Waals surface area contributed by atoms with Gasteiger partial charge in [0.1, 0.15) is 5.00 Å². The number of nitrogens with one attached hydrogen (secondary N) is 3. The van der Waals surface area contributed by atoms with Crippen LogP contribution >= 0.6 is 11.3 Å². The highest BCUT2D eigenvalue weighted by atomic mass is 32.2. The molecule has 3 N–H and O–H groups in total. The molecule has 10 nitrogen and oxygen atoms in total. The Bertz CT molecular complexity index is 1210. The summed E-state index contributed by atoms with van der Waals surface area (Å²) < 4.78 is 26.8. The van der Waals surface area contributed by atoms with Crippen LogP contribution in [0.5, 0.6) is 0 Å². The van der Waals surface area contributed by atoms with E-state index in [0.29, 0.717) is 24.5 Å². The lowest BCUT2D eigenvalue weighted by molar-refractivity contribution is 0.0964. The number of carbonyl (C=O) groups is 3. The molecule has 2 aromatic rings. The van der Waals surface area contributed by atoms with Crippen LogP contribution in [-0.4, -0.2) is 69.7 Å². The van der Waals surface area contributed by atoms with E-state index >= 15 is 0 Å². The first-order valence-electron chi connectivity index (χ1n) is 11.3. The summed E-state index contributed by atoms with van der Waals surface area (Å²) in [6, 6.07) is 5.06. The molecule has 4 amide bonds. The number of carbonyl (C=O) groups excluding carboxylic acids is 3. The molecule has 0 unspecified atom stereocenters. The summed E-state index contributed by atoms with van der Waals surface area (Å²) >= 11 is 1.30. The first-order valence-corrected chi connectivity index (χ1v) is 13.6. The minimum Gasteiger partial charge on any atom is -0.341 e. The molecule has 0 saturated heterocycles. The Morgan fingerprint density at radius 2 is 1.83 bits per heavy atom. The molecule has 0 radical (unpaired) electrons. The molecule has 3 rings (SSSR count). The lowest BCUT2D eigenvalue weighted by Crippen LogP contribution is -2.38. The zero-order valence-corrected chi connectivity index (χ0v) is 21.9. The molecule has 0 bridgehead atoms. The average molecular weight is 522 g/mol. The van der Waals surface area contributed by atoms with Gasteiger partial charge in [-0.3, -0.25) is 14.9 Å². The highest BCUT2D eigenvalue weighted by molar-refractivity contribution is 7.89. The van der Waals surface area contributed by atoms with Crippen molar-refractivity contribution in [2.45, 2.75) is 37.6 Å². The van der Waals surface area contributed by atoms with Crippen LogP contribution in [0.4, 0.5) is 9.80 Å². The molecule has 0 spiro atoms. The van der Waals surface area contributed by atoms with Gasteiger partial charge in [-0.2, -0.15) is 0 Å². The number of anilines is 1. The fourth-order valence-corrected chi connectivity index (χ4v) is 6.25. The Kier molecular flexibility index (Phi) is 8.65. The number of benzene rings is 1. The number of nitrogens with zero attached hydrogens (tertiary/aromatic N) is 2. The molecule has 2 heterocycles. The Labute approximate surface area is 209 Å². The molecule has 1 aliphatic heterocycles. The van der Waals surface area contributed by atoms with Crippen molar-refractivity contribution in [1.82, 2.24) is 19.8 Å². The molecular weight excluding hydrogens is 490 g/mol. The number of sulfonamides is 1.